The highest BCUT2D eigenvalue weighted by atomic mass is 19.2. The summed E-state index contributed by atoms with van der Waals surface area (Å²) in [5, 5.41) is 2.67. The highest BCUT2D eigenvalue weighted by molar-refractivity contribution is 6.04. The SMILES string of the molecule is CCOCc1ccccc1NC(=O)c1ccc(F)c(F)c1. The van der Waals surface area contributed by atoms with Crippen molar-refractivity contribution in [2.24, 2.45) is 0 Å². The van der Waals surface area contributed by atoms with Gasteiger partial charge in [-0.15, -0.1) is 0 Å². The van der Waals surface area contributed by atoms with Gasteiger partial charge in [-0.1, -0.05) is 18.2 Å². The molecule has 0 aliphatic carbocycles. The van der Waals surface area contributed by atoms with Crippen LogP contribution in [-0.2, 0) is 11.3 Å². The van der Waals surface area contributed by atoms with Crippen molar-refractivity contribution in [3.05, 3.63) is 65.2 Å². The van der Waals surface area contributed by atoms with Crippen LogP contribution >= 0.6 is 0 Å². The van der Waals surface area contributed by atoms with E-state index >= 15 is 0 Å². The zero-order valence-electron chi connectivity index (χ0n) is 11.5. The van der Waals surface area contributed by atoms with Gasteiger partial charge in [0, 0.05) is 23.4 Å². The molecule has 0 atom stereocenters. The molecular weight excluding hydrogens is 276 g/mol. The van der Waals surface area contributed by atoms with E-state index in [1.807, 2.05) is 19.1 Å². The van der Waals surface area contributed by atoms with E-state index in [1.165, 1.54) is 6.07 Å². The summed E-state index contributed by atoms with van der Waals surface area (Å²) in [6.07, 6.45) is 0. The minimum absolute atomic E-state index is 0.0557. The van der Waals surface area contributed by atoms with Crippen LogP contribution in [0.4, 0.5) is 14.5 Å². The Bertz CT molecular complexity index is 644. The molecule has 0 bridgehead atoms. The number of carbonyl (C=O) groups is 1. The molecule has 110 valence electrons. The lowest BCUT2D eigenvalue weighted by molar-refractivity contribution is 0.102. The summed E-state index contributed by atoms with van der Waals surface area (Å²) in [5.74, 6) is -2.54. The molecule has 0 heterocycles. The Morgan fingerprint density at radius 3 is 2.62 bits per heavy atom. The molecule has 0 saturated carbocycles. The van der Waals surface area contributed by atoms with Crippen molar-refractivity contribution in [2.45, 2.75) is 13.5 Å². The predicted molar refractivity (Wildman–Crippen MR) is 76.1 cm³/mol. The number of halogens is 2. The van der Waals surface area contributed by atoms with Gasteiger partial charge in [0.05, 0.1) is 6.61 Å². The lowest BCUT2D eigenvalue weighted by atomic mass is 10.1. The van der Waals surface area contributed by atoms with E-state index in [2.05, 4.69) is 5.32 Å². The van der Waals surface area contributed by atoms with Crippen molar-refractivity contribution in [3.63, 3.8) is 0 Å². The van der Waals surface area contributed by atoms with E-state index in [-0.39, 0.29) is 5.56 Å². The van der Waals surface area contributed by atoms with Crippen LogP contribution in [0.5, 0.6) is 0 Å². The van der Waals surface area contributed by atoms with Gasteiger partial charge in [0.2, 0.25) is 0 Å². The molecule has 0 fully saturated rings. The number of para-hydroxylation sites is 1. The third-order valence-electron chi connectivity index (χ3n) is 2.91. The number of amides is 1. The number of rotatable bonds is 5. The van der Waals surface area contributed by atoms with Gasteiger partial charge in [-0.05, 0) is 31.2 Å². The second-order valence-corrected chi connectivity index (χ2v) is 4.38. The summed E-state index contributed by atoms with van der Waals surface area (Å²) >= 11 is 0. The fraction of sp³-hybridized carbons (Fsp3) is 0.188. The van der Waals surface area contributed by atoms with Crippen molar-refractivity contribution in [1.82, 2.24) is 0 Å². The van der Waals surface area contributed by atoms with Crippen molar-refractivity contribution in [3.8, 4) is 0 Å². The summed E-state index contributed by atoms with van der Waals surface area (Å²) in [4.78, 5) is 12.1. The number of ether oxygens (including phenoxy) is 1. The largest absolute Gasteiger partial charge is 0.377 e. The van der Waals surface area contributed by atoms with Gasteiger partial charge < -0.3 is 10.1 Å². The van der Waals surface area contributed by atoms with Crippen LogP contribution in [0.2, 0.25) is 0 Å². The summed E-state index contributed by atoms with van der Waals surface area (Å²) in [6, 6.07) is 10.2. The zero-order chi connectivity index (χ0) is 15.2. The maximum atomic E-state index is 13.1. The van der Waals surface area contributed by atoms with Gasteiger partial charge in [-0.3, -0.25) is 4.79 Å². The Balaban J connectivity index is 2.17. The Hall–Kier alpha value is -2.27. The van der Waals surface area contributed by atoms with Crippen LogP contribution in [0.1, 0.15) is 22.8 Å². The quantitative estimate of drug-likeness (QED) is 0.911. The Morgan fingerprint density at radius 1 is 1.14 bits per heavy atom. The molecule has 0 radical (unpaired) electrons. The number of hydrogen-bond acceptors (Lipinski definition) is 2. The first kappa shape index (κ1) is 15.1. The lowest BCUT2D eigenvalue weighted by Gasteiger charge is -2.11. The summed E-state index contributed by atoms with van der Waals surface area (Å²) in [7, 11) is 0. The van der Waals surface area contributed by atoms with E-state index in [1.54, 1.807) is 12.1 Å². The number of carbonyl (C=O) groups excluding carboxylic acids is 1. The molecule has 2 rings (SSSR count). The average molecular weight is 291 g/mol. The first-order chi connectivity index (χ1) is 10.1. The molecule has 5 heteroatoms. The van der Waals surface area contributed by atoms with E-state index in [0.29, 0.717) is 18.9 Å². The maximum Gasteiger partial charge on any atom is 0.255 e. The van der Waals surface area contributed by atoms with Gasteiger partial charge in [0.1, 0.15) is 0 Å². The zero-order valence-corrected chi connectivity index (χ0v) is 11.5. The number of benzene rings is 2. The van der Waals surface area contributed by atoms with Crippen molar-refractivity contribution >= 4 is 11.6 Å². The van der Waals surface area contributed by atoms with Crippen molar-refractivity contribution in [2.75, 3.05) is 11.9 Å². The molecule has 0 unspecified atom stereocenters. The number of anilines is 1. The first-order valence-electron chi connectivity index (χ1n) is 6.54. The van der Waals surface area contributed by atoms with Gasteiger partial charge in [0.25, 0.3) is 5.91 Å². The lowest BCUT2D eigenvalue weighted by Crippen LogP contribution is -2.14. The molecule has 0 saturated heterocycles. The second-order valence-electron chi connectivity index (χ2n) is 4.38. The number of hydrogen-bond donors (Lipinski definition) is 1. The maximum absolute atomic E-state index is 13.1. The summed E-state index contributed by atoms with van der Waals surface area (Å²) < 4.78 is 31.3. The molecule has 0 spiro atoms. The molecule has 0 aromatic heterocycles. The molecule has 3 nitrogen and oxygen atoms in total. The van der Waals surface area contributed by atoms with Gasteiger partial charge in [0.15, 0.2) is 11.6 Å². The van der Waals surface area contributed by atoms with E-state index in [0.717, 1.165) is 17.7 Å². The van der Waals surface area contributed by atoms with Crippen LogP contribution in [0, 0.1) is 11.6 Å². The minimum atomic E-state index is -1.05. The predicted octanol–water partition coefficient (Wildman–Crippen LogP) is 3.75. The molecule has 1 N–H and O–H groups in total. The Labute approximate surface area is 121 Å². The molecule has 2 aromatic rings. The van der Waals surface area contributed by atoms with Crippen LogP contribution in [0.15, 0.2) is 42.5 Å². The summed E-state index contributed by atoms with van der Waals surface area (Å²) in [6.45, 7) is 2.80. The van der Waals surface area contributed by atoms with E-state index in [9.17, 15) is 13.6 Å². The second kappa shape index (κ2) is 6.95. The van der Waals surface area contributed by atoms with Crippen molar-refractivity contribution < 1.29 is 18.3 Å². The monoisotopic (exact) mass is 291 g/mol. The van der Waals surface area contributed by atoms with Crippen molar-refractivity contribution in [1.29, 1.82) is 0 Å². The van der Waals surface area contributed by atoms with Crippen LogP contribution < -0.4 is 5.32 Å². The molecule has 1 amide bonds. The first-order valence-corrected chi connectivity index (χ1v) is 6.54. The third kappa shape index (κ3) is 3.86. The summed E-state index contributed by atoms with van der Waals surface area (Å²) in [5.41, 5.74) is 1.45. The highest BCUT2D eigenvalue weighted by Crippen LogP contribution is 2.18. The molecule has 21 heavy (non-hydrogen) atoms. The molecule has 0 aliphatic heterocycles. The topological polar surface area (TPSA) is 38.3 Å². The smallest absolute Gasteiger partial charge is 0.255 e. The molecule has 0 aliphatic rings. The fourth-order valence-corrected chi connectivity index (χ4v) is 1.81. The fourth-order valence-electron chi connectivity index (χ4n) is 1.81. The number of nitrogens with one attached hydrogen (secondary N) is 1. The Kier molecular flexibility index (Phi) is 5.00. The standard InChI is InChI=1S/C16H15F2NO2/c1-2-21-10-12-5-3-4-6-15(12)19-16(20)11-7-8-13(17)14(18)9-11/h3-9H,2,10H2,1H3,(H,19,20). The van der Waals surface area contributed by atoms with Crippen LogP contribution in [0.25, 0.3) is 0 Å². The third-order valence-corrected chi connectivity index (χ3v) is 2.91. The Morgan fingerprint density at radius 2 is 1.90 bits per heavy atom. The average Bonchev–Trinajstić information content (AvgIpc) is 2.49. The van der Waals surface area contributed by atoms with Gasteiger partial charge in [-0.25, -0.2) is 8.78 Å². The molecular formula is C16H15F2NO2. The van der Waals surface area contributed by atoms with E-state index in [4.69, 9.17) is 4.74 Å². The van der Waals surface area contributed by atoms with Crippen LogP contribution in [0.3, 0.4) is 0 Å². The minimum Gasteiger partial charge on any atom is -0.377 e. The highest BCUT2D eigenvalue weighted by Gasteiger charge is 2.11. The normalized spacial score (nSPS) is 10.4. The van der Waals surface area contributed by atoms with Gasteiger partial charge in [-0.2, -0.15) is 0 Å². The molecule has 2 aromatic carbocycles. The van der Waals surface area contributed by atoms with E-state index < -0.39 is 17.5 Å². The van der Waals surface area contributed by atoms with Crippen LogP contribution in [-0.4, -0.2) is 12.5 Å². The van der Waals surface area contributed by atoms with Gasteiger partial charge >= 0.3 is 0 Å².